The van der Waals surface area contributed by atoms with Gasteiger partial charge in [-0.25, -0.2) is 0 Å². The standard InChI is InChI=1S/C26H29N3O7S/c1-16-7-4-5-8-18(16)22(37(34,35)36)9-3-2-6-14-27-17-10-11-19-20(15-17)26(33)29(25(19)32)21-12-13-23(30)28-24(21)31/h4-5,7-8,10-11,15,21-22,27H,2-3,6,9,12-14H2,1H3,(H,28,30,31)(H,34,35,36). The third-order valence-corrected chi connectivity index (χ3v) is 8.02. The summed E-state index contributed by atoms with van der Waals surface area (Å²) in [4.78, 5) is 50.2. The van der Waals surface area contributed by atoms with Crippen LogP contribution in [0.25, 0.3) is 0 Å². The van der Waals surface area contributed by atoms with Crippen molar-refractivity contribution in [2.24, 2.45) is 0 Å². The van der Waals surface area contributed by atoms with Crippen molar-refractivity contribution in [3.63, 3.8) is 0 Å². The predicted octanol–water partition coefficient (Wildman–Crippen LogP) is 3.00. The first kappa shape index (κ1) is 26.5. The molecule has 0 aromatic heterocycles. The zero-order valence-electron chi connectivity index (χ0n) is 20.4. The average Bonchev–Trinajstić information content (AvgIpc) is 3.08. The molecule has 196 valence electrons. The first-order chi connectivity index (χ1) is 17.6. The van der Waals surface area contributed by atoms with Crippen LogP contribution in [0.5, 0.6) is 0 Å². The Bertz CT molecular complexity index is 1360. The Hall–Kier alpha value is -3.57. The van der Waals surface area contributed by atoms with Gasteiger partial charge in [-0.1, -0.05) is 37.1 Å². The summed E-state index contributed by atoms with van der Waals surface area (Å²) < 4.78 is 33.6. The molecule has 11 heteroatoms. The van der Waals surface area contributed by atoms with E-state index in [1.165, 1.54) is 0 Å². The molecule has 1 saturated heterocycles. The summed E-state index contributed by atoms with van der Waals surface area (Å²) in [6.45, 7) is 2.37. The molecule has 37 heavy (non-hydrogen) atoms. The molecule has 2 aromatic carbocycles. The monoisotopic (exact) mass is 527 g/mol. The Kier molecular flexibility index (Phi) is 7.74. The van der Waals surface area contributed by atoms with E-state index in [9.17, 15) is 32.1 Å². The summed E-state index contributed by atoms with van der Waals surface area (Å²) in [5.74, 6) is -2.19. The largest absolute Gasteiger partial charge is 0.385 e. The number of anilines is 1. The molecule has 1 fully saturated rings. The number of imide groups is 2. The van der Waals surface area contributed by atoms with Gasteiger partial charge in [-0.05, 0) is 55.5 Å². The van der Waals surface area contributed by atoms with Crippen LogP contribution in [-0.2, 0) is 19.7 Å². The maximum Gasteiger partial charge on any atom is 0.271 e. The lowest BCUT2D eigenvalue weighted by Gasteiger charge is -2.27. The minimum absolute atomic E-state index is 0.0621. The van der Waals surface area contributed by atoms with Crippen molar-refractivity contribution in [3.05, 3.63) is 64.7 Å². The second kappa shape index (κ2) is 10.8. The van der Waals surface area contributed by atoms with Gasteiger partial charge < -0.3 is 5.32 Å². The van der Waals surface area contributed by atoms with E-state index in [1.54, 1.807) is 30.3 Å². The van der Waals surface area contributed by atoms with E-state index in [2.05, 4.69) is 10.6 Å². The fraction of sp³-hybridized carbons (Fsp3) is 0.385. The summed E-state index contributed by atoms with van der Waals surface area (Å²) in [6.07, 6.45) is 2.50. The van der Waals surface area contributed by atoms with Crippen LogP contribution in [0.15, 0.2) is 42.5 Å². The minimum atomic E-state index is -4.23. The number of piperidine rings is 1. The van der Waals surface area contributed by atoms with Gasteiger partial charge in [0.25, 0.3) is 21.9 Å². The van der Waals surface area contributed by atoms with E-state index in [1.807, 2.05) is 19.1 Å². The Labute approximate surface area is 215 Å². The maximum absolute atomic E-state index is 12.9. The van der Waals surface area contributed by atoms with Crippen molar-refractivity contribution in [3.8, 4) is 0 Å². The van der Waals surface area contributed by atoms with E-state index < -0.39 is 45.0 Å². The molecule has 2 heterocycles. The summed E-state index contributed by atoms with van der Waals surface area (Å²) in [6, 6.07) is 10.9. The zero-order valence-corrected chi connectivity index (χ0v) is 21.2. The van der Waals surface area contributed by atoms with E-state index in [0.29, 0.717) is 30.6 Å². The second-order valence-corrected chi connectivity index (χ2v) is 10.9. The van der Waals surface area contributed by atoms with E-state index in [4.69, 9.17) is 0 Å². The van der Waals surface area contributed by atoms with Crippen molar-refractivity contribution in [2.75, 3.05) is 11.9 Å². The molecule has 0 bridgehead atoms. The highest BCUT2D eigenvalue weighted by molar-refractivity contribution is 7.86. The number of nitrogens with one attached hydrogen (secondary N) is 2. The third-order valence-electron chi connectivity index (χ3n) is 6.81. The highest BCUT2D eigenvalue weighted by Gasteiger charge is 2.44. The van der Waals surface area contributed by atoms with Gasteiger partial charge in [0.2, 0.25) is 11.8 Å². The summed E-state index contributed by atoms with van der Waals surface area (Å²) >= 11 is 0. The number of benzene rings is 2. The highest BCUT2D eigenvalue weighted by atomic mass is 32.2. The Balaban J connectivity index is 1.30. The quantitative estimate of drug-likeness (QED) is 0.242. The number of fused-ring (bicyclic) bond motifs is 1. The Morgan fingerprint density at radius 3 is 2.46 bits per heavy atom. The van der Waals surface area contributed by atoms with Crippen molar-refractivity contribution in [1.29, 1.82) is 0 Å². The van der Waals surface area contributed by atoms with E-state index >= 15 is 0 Å². The predicted molar refractivity (Wildman–Crippen MR) is 136 cm³/mol. The number of rotatable bonds is 10. The Morgan fingerprint density at radius 2 is 1.76 bits per heavy atom. The lowest BCUT2D eigenvalue weighted by molar-refractivity contribution is -0.136. The molecule has 10 nitrogen and oxygen atoms in total. The van der Waals surface area contributed by atoms with Gasteiger partial charge in [0.05, 0.1) is 11.1 Å². The van der Waals surface area contributed by atoms with Crippen molar-refractivity contribution in [2.45, 2.75) is 56.7 Å². The molecule has 0 saturated carbocycles. The molecule has 4 amide bonds. The van der Waals surface area contributed by atoms with Crippen LogP contribution in [-0.4, -0.2) is 54.1 Å². The number of carbonyl (C=O) groups is 4. The molecule has 0 spiro atoms. The molecule has 0 aliphatic carbocycles. The van der Waals surface area contributed by atoms with Crippen LogP contribution in [0.4, 0.5) is 5.69 Å². The highest BCUT2D eigenvalue weighted by Crippen LogP contribution is 2.31. The van der Waals surface area contributed by atoms with Gasteiger partial charge in [0.15, 0.2) is 0 Å². The first-order valence-electron chi connectivity index (χ1n) is 12.2. The normalized spacial score (nSPS) is 18.5. The Morgan fingerprint density at radius 1 is 1.03 bits per heavy atom. The fourth-order valence-electron chi connectivity index (χ4n) is 4.86. The number of aryl methyl sites for hydroxylation is 1. The number of hydrogen-bond donors (Lipinski definition) is 3. The van der Waals surface area contributed by atoms with Crippen LogP contribution < -0.4 is 10.6 Å². The summed E-state index contributed by atoms with van der Waals surface area (Å²) in [5.41, 5.74) is 2.47. The topological polar surface area (TPSA) is 150 Å². The van der Waals surface area contributed by atoms with Gasteiger partial charge in [-0.3, -0.25) is 33.9 Å². The second-order valence-electron chi connectivity index (χ2n) is 9.34. The molecular weight excluding hydrogens is 498 g/mol. The zero-order chi connectivity index (χ0) is 26.7. The van der Waals surface area contributed by atoms with Crippen molar-refractivity contribution < 1.29 is 32.1 Å². The number of amides is 4. The SMILES string of the molecule is Cc1ccccc1C(CCCCCNc1ccc2c(c1)C(=O)N(C1CCC(=O)NC1=O)C2=O)S(=O)(=O)O. The van der Waals surface area contributed by atoms with Crippen molar-refractivity contribution >= 4 is 39.4 Å². The lowest BCUT2D eigenvalue weighted by atomic mass is 10.0. The molecule has 0 radical (unpaired) electrons. The van der Waals surface area contributed by atoms with Crippen LogP contribution in [0.2, 0.25) is 0 Å². The van der Waals surface area contributed by atoms with Crippen molar-refractivity contribution in [1.82, 2.24) is 10.2 Å². The van der Waals surface area contributed by atoms with E-state index in [-0.39, 0.29) is 24.0 Å². The molecule has 3 N–H and O–H groups in total. The smallest absolute Gasteiger partial charge is 0.271 e. The van der Waals surface area contributed by atoms with Gasteiger partial charge in [-0.2, -0.15) is 8.42 Å². The first-order valence-corrected chi connectivity index (χ1v) is 13.7. The molecular formula is C26H29N3O7S. The summed E-state index contributed by atoms with van der Waals surface area (Å²) in [5, 5.41) is 4.41. The third kappa shape index (κ3) is 5.72. The minimum Gasteiger partial charge on any atom is -0.385 e. The lowest BCUT2D eigenvalue weighted by Crippen LogP contribution is -2.54. The van der Waals surface area contributed by atoms with Gasteiger partial charge >= 0.3 is 0 Å². The summed E-state index contributed by atoms with van der Waals surface area (Å²) in [7, 11) is -4.23. The molecule has 2 aliphatic rings. The molecule has 2 aliphatic heterocycles. The molecule has 2 aromatic rings. The molecule has 4 rings (SSSR count). The van der Waals surface area contributed by atoms with E-state index in [0.717, 1.165) is 23.3 Å². The number of unbranched alkanes of at least 4 members (excludes halogenated alkanes) is 2. The van der Waals surface area contributed by atoms with Crippen LogP contribution in [0.3, 0.4) is 0 Å². The van der Waals surface area contributed by atoms with Crippen LogP contribution >= 0.6 is 0 Å². The maximum atomic E-state index is 12.9. The van der Waals surface area contributed by atoms with Gasteiger partial charge in [-0.15, -0.1) is 0 Å². The number of nitrogens with zero attached hydrogens (tertiary/aromatic N) is 1. The van der Waals surface area contributed by atoms with Crippen LogP contribution in [0.1, 0.15) is 75.6 Å². The molecule has 2 atom stereocenters. The average molecular weight is 528 g/mol. The number of hydrogen-bond acceptors (Lipinski definition) is 7. The van der Waals surface area contributed by atoms with Crippen LogP contribution in [0, 0.1) is 6.92 Å². The fourth-order valence-corrected chi connectivity index (χ4v) is 5.91. The number of carbonyl (C=O) groups excluding carboxylic acids is 4. The van der Waals surface area contributed by atoms with Gasteiger partial charge in [0.1, 0.15) is 11.3 Å². The van der Waals surface area contributed by atoms with Gasteiger partial charge in [0, 0.05) is 18.7 Å². The molecule has 2 unspecified atom stereocenters.